The van der Waals surface area contributed by atoms with Gasteiger partial charge in [-0.2, -0.15) is 0 Å². The third-order valence-corrected chi connectivity index (χ3v) is 5.96. The largest absolute Gasteiger partial charge is 0.308 e. The second kappa shape index (κ2) is 7.47. The number of rotatable bonds is 3. The molecular weight excluding hydrogens is 390 g/mol. The van der Waals surface area contributed by atoms with E-state index in [1.807, 2.05) is 30.6 Å². The molecule has 3 heteroatoms. The molecule has 3 heterocycles. The lowest BCUT2D eigenvalue weighted by Gasteiger charge is -2.11. The molecule has 0 saturated carbocycles. The number of aryl methyl sites for hydroxylation is 1. The Morgan fingerprint density at radius 3 is 2.31 bits per heavy atom. The van der Waals surface area contributed by atoms with E-state index in [9.17, 15) is 0 Å². The number of hydrogen-bond donors (Lipinski definition) is 0. The van der Waals surface area contributed by atoms with Gasteiger partial charge in [0.2, 0.25) is 0 Å². The molecule has 0 amide bonds. The highest BCUT2D eigenvalue weighted by molar-refractivity contribution is 6.08. The molecule has 0 atom stereocenters. The average Bonchev–Trinajstić information content (AvgIpc) is 3.18. The number of benzene rings is 3. The summed E-state index contributed by atoms with van der Waals surface area (Å²) in [6.45, 7) is 2.13. The minimum Gasteiger partial charge on any atom is -0.308 e. The van der Waals surface area contributed by atoms with Gasteiger partial charge in [0.05, 0.1) is 22.2 Å². The molecule has 3 nitrogen and oxygen atoms in total. The van der Waals surface area contributed by atoms with Crippen molar-refractivity contribution in [3.8, 4) is 28.1 Å². The molecule has 3 aromatic heterocycles. The number of pyridine rings is 2. The lowest BCUT2D eigenvalue weighted by Crippen LogP contribution is -1.94. The second-order valence-electron chi connectivity index (χ2n) is 8.04. The van der Waals surface area contributed by atoms with Crippen LogP contribution in [-0.2, 0) is 0 Å². The van der Waals surface area contributed by atoms with Crippen molar-refractivity contribution >= 4 is 21.9 Å². The Hall–Kier alpha value is -4.24. The van der Waals surface area contributed by atoms with E-state index in [-0.39, 0.29) is 0 Å². The van der Waals surface area contributed by atoms with Crippen molar-refractivity contribution in [2.45, 2.75) is 6.92 Å². The first kappa shape index (κ1) is 18.5. The molecule has 0 unspecified atom stereocenters. The van der Waals surface area contributed by atoms with Gasteiger partial charge in [0.25, 0.3) is 0 Å². The Balaban J connectivity index is 1.62. The van der Waals surface area contributed by atoms with E-state index in [0.717, 1.165) is 44.4 Å². The van der Waals surface area contributed by atoms with Gasteiger partial charge >= 0.3 is 0 Å². The Bertz CT molecular complexity index is 1580. The number of aromatic nitrogens is 3. The van der Waals surface area contributed by atoms with Crippen molar-refractivity contribution in [1.29, 1.82) is 0 Å². The standard InChI is InChI=1S/C29H21N3/c1-20-8-6-9-22(18-20)32-27-15-14-21(19-25(27)29-28(32)13-7-17-31-29)23-10-2-3-11-24(23)26-12-4-5-16-30-26/h2-19H,1H3. The van der Waals surface area contributed by atoms with Crippen molar-refractivity contribution in [2.24, 2.45) is 0 Å². The summed E-state index contributed by atoms with van der Waals surface area (Å²) in [5.74, 6) is 0. The fraction of sp³-hybridized carbons (Fsp3) is 0.0345. The average molecular weight is 412 g/mol. The maximum Gasteiger partial charge on any atom is 0.0963 e. The molecule has 0 saturated heterocycles. The van der Waals surface area contributed by atoms with Crippen LogP contribution in [0.2, 0.25) is 0 Å². The van der Waals surface area contributed by atoms with Crippen LogP contribution in [0.1, 0.15) is 5.56 Å². The van der Waals surface area contributed by atoms with Gasteiger partial charge in [0.1, 0.15) is 0 Å². The molecule has 0 aliphatic heterocycles. The normalized spacial score (nSPS) is 11.3. The van der Waals surface area contributed by atoms with Crippen LogP contribution in [0.4, 0.5) is 0 Å². The van der Waals surface area contributed by atoms with Gasteiger partial charge in [-0.1, -0.05) is 48.5 Å². The highest BCUT2D eigenvalue weighted by Gasteiger charge is 2.15. The minimum absolute atomic E-state index is 0.975. The van der Waals surface area contributed by atoms with Gasteiger partial charge in [-0.3, -0.25) is 9.97 Å². The molecule has 3 aromatic carbocycles. The molecule has 0 aliphatic carbocycles. The first-order valence-electron chi connectivity index (χ1n) is 10.8. The topological polar surface area (TPSA) is 30.7 Å². The lowest BCUT2D eigenvalue weighted by molar-refractivity contribution is 1.17. The van der Waals surface area contributed by atoms with Crippen LogP contribution < -0.4 is 0 Å². The molecule has 32 heavy (non-hydrogen) atoms. The zero-order valence-corrected chi connectivity index (χ0v) is 17.7. The van der Waals surface area contributed by atoms with Crippen molar-refractivity contribution in [3.05, 3.63) is 115 Å². The van der Waals surface area contributed by atoms with Crippen molar-refractivity contribution in [3.63, 3.8) is 0 Å². The van der Waals surface area contributed by atoms with Crippen LogP contribution in [-0.4, -0.2) is 14.5 Å². The van der Waals surface area contributed by atoms with Crippen LogP contribution in [0.15, 0.2) is 109 Å². The number of fused-ring (bicyclic) bond motifs is 3. The molecule has 152 valence electrons. The summed E-state index contributed by atoms with van der Waals surface area (Å²) in [6.07, 6.45) is 3.71. The highest BCUT2D eigenvalue weighted by atomic mass is 15.0. The maximum atomic E-state index is 4.76. The van der Waals surface area contributed by atoms with Gasteiger partial charge in [-0.05, 0) is 72.1 Å². The third kappa shape index (κ3) is 2.98. The lowest BCUT2D eigenvalue weighted by atomic mass is 9.96. The highest BCUT2D eigenvalue weighted by Crippen LogP contribution is 2.36. The molecule has 6 aromatic rings. The van der Waals surface area contributed by atoms with Gasteiger partial charge in [0, 0.05) is 29.0 Å². The minimum atomic E-state index is 0.975. The predicted molar refractivity (Wildman–Crippen MR) is 132 cm³/mol. The third-order valence-electron chi connectivity index (χ3n) is 5.96. The van der Waals surface area contributed by atoms with Crippen LogP contribution in [0.3, 0.4) is 0 Å². The van der Waals surface area contributed by atoms with Crippen LogP contribution in [0.25, 0.3) is 50.0 Å². The van der Waals surface area contributed by atoms with E-state index in [2.05, 4.69) is 95.3 Å². The molecule has 0 radical (unpaired) electrons. The van der Waals surface area contributed by atoms with E-state index >= 15 is 0 Å². The fourth-order valence-electron chi connectivity index (χ4n) is 4.53. The number of nitrogens with zero attached hydrogens (tertiary/aromatic N) is 3. The summed E-state index contributed by atoms with van der Waals surface area (Å²) in [4.78, 5) is 9.34. The molecule has 0 bridgehead atoms. The quantitative estimate of drug-likeness (QED) is 0.308. The van der Waals surface area contributed by atoms with E-state index in [0.29, 0.717) is 0 Å². The van der Waals surface area contributed by atoms with Gasteiger partial charge < -0.3 is 4.57 Å². The molecule has 0 aliphatic rings. The summed E-state index contributed by atoms with van der Waals surface area (Å²) in [5, 5.41) is 1.15. The van der Waals surface area contributed by atoms with Crippen LogP contribution in [0, 0.1) is 6.92 Å². The van der Waals surface area contributed by atoms with Gasteiger partial charge in [-0.15, -0.1) is 0 Å². The van der Waals surface area contributed by atoms with E-state index in [4.69, 9.17) is 4.98 Å². The van der Waals surface area contributed by atoms with Crippen LogP contribution >= 0.6 is 0 Å². The van der Waals surface area contributed by atoms with Crippen molar-refractivity contribution < 1.29 is 0 Å². The first-order chi connectivity index (χ1) is 15.8. The molecular formula is C29H21N3. The predicted octanol–water partition coefficient (Wildman–Crippen LogP) is 7.22. The van der Waals surface area contributed by atoms with Crippen molar-refractivity contribution in [2.75, 3.05) is 0 Å². The van der Waals surface area contributed by atoms with Gasteiger partial charge in [-0.25, -0.2) is 0 Å². The van der Waals surface area contributed by atoms with Crippen molar-refractivity contribution in [1.82, 2.24) is 14.5 Å². The Morgan fingerprint density at radius 2 is 1.47 bits per heavy atom. The zero-order valence-electron chi connectivity index (χ0n) is 17.7. The van der Waals surface area contributed by atoms with E-state index in [1.54, 1.807) is 0 Å². The van der Waals surface area contributed by atoms with Gasteiger partial charge in [0.15, 0.2) is 0 Å². The first-order valence-corrected chi connectivity index (χ1v) is 10.8. The molecule has 0 N–H and O–H groups in total. The monoisotopic (exact) mass is 411 g/mol. The summed E-state index contributed by atoms with van der Waals surface area (Å²) < 4.78 is 2.30. The molecule has 0 spiro atoms. The summed E-state index contributed by atoms with van der Waals surface area (Å²) in [5.41, 5.74) is 10.1. The summed E-state index contributed by atoms with van der Waals surface area (Å²) in [7, 11) is 0. The molecule has 6 rings (SSSR count). The summed E-state index contributed by atoms with van der Waals surface area (Å²) >= 11 is 0. The second-order valence-corrected chi connectivity index (χ2v) is 8.04. The Kier molecular flexibility index (Phi) is 4.32. The van der Waals surface area contributed by atoms with Crippen LogP contribution in [0.5, 0.6) is 0 Å². The smallest absolute Gasteiger partial charge is 0.0963 e. The summed E-state index contributed by atoms with van der Waals surface area (Å²) in [6, 6.07) is 33.9. The molecule has 0 fully saturated rings. The Morgan fingerprint density at radius 1 is 0.625 bits per heavy atom. The fourth-order valence-corrected chi connectivity index (χ4v) is 4.53. The maximum absolute atomic E-state index is 4.76. The van der Waals surface area contributed by atoms with E-state index < -0.39 is 0 Å². The zero-order chi connectivity index (χ0) is 21.5. The van der Waals surface area contributed by atoms with E-state index in [1.165, 1.54) is 11.1 Å². The Labute approximate surface area is 186 Å². The SMILES string of the molecule is Cc1cccc(-n2c3ccc(-c4ccccc4-c4ccccn4)cc3c3ncccc32)c1. The number of hydrogen-bond acceptors (Lipinski definition) is 2.